The van der Waals surface area contributed by atoms with Gasteiger partial charge < -0.3 is 34.3 Å². The molecule has 0 saturated heterocycles. The molecule has 0 radical (unpaired) electrons. The number of halogens is 2. The van der Waals surface area contributed by atoms with E-state index in [0.717, 1.165) is 35.0 Å². The van der Waals surface area contributed by atoms with E-state index in [4.69, 9.17) is 14.5 Å². The summed E-state index contributed by atoms with van der Waals surface area (Å²) in [5.74, 6) is 0.104. The maximum absolute atomic E-state index is 6.70. The Bertz CT molecular complexity index is 2100. The molecule has 1 aliphatic rings. The van der Waals surface area contributed by atoms with E-state index in [1.54, 1.807) is 0 Å². The number of aryl methyl sites for hydroxylation is 1. The molecule has 7 aromatic rings. The molecule has 2 heterocycles. The summed E-state index contributed by atoms with van der Waals surface area (Å²) in [4.78, 5) is 5.64. The van der Waals surface area contributed by atoms with Crippen molar-refractivity contribution in [3.8, 4) is 5.75 Å². The minimum absolute atomic E-state index is 0. The molecule has 0 spiro atoms. The fourth-order valence-corrected chi connectivity index (χ4v) is 16.5. The van der Waals surface area contributed by atoms with Crippen LogP contribution in [0.1, 0.15) is 36.4 Å². The zero-order valence-electron chi connectivity index (χ0n) is 31.4. The Morgan fingerprint density at radius 1 is 0.491 bits per heavy atom. The van der Waals surface area contributed by atoms with Crippen molar-refractivity contribution in [3.05, 3.63) is 205 Å². The van der Waals surface area contributed by atoms with E-state index in [1.807, 2.05) is 13.8 Å². The van der Waals surface area contributed by atoms with Crippen molar-refractivity contribution in [3.63, 3.8) is 0 Å². The van der Waals surface area contributed by atoms with Crippen LogP contribution in [0.25, 0.3) is 0 Å². The lowest BCUT2D eigenvalue weighted by Crippen LogP contribution is -3.00. The van der Waals surface area contributed by atoms with Crippen molar-refractivity contribution in [2.45, 2.75) is 45.5 Å². The number of fused-ring (bicyclic) bond motifs is 1. The van der Waals surface area contributed by atoms with E-state index in [2.05, 4.69) is 189 Å². The van der Waals surface area contributed by atoms with Gasteiger partial charge in [-0.3, -0.25) is 0 Å². The van der Waals surface area contributed by atoms with Gasteiger partial charge in [0, 0.05) is 25.0 Å². The Hall–Kier alpha value is -4.33. The molecule has 8 rings (SSSR count). The molecule has 0 N–H and O–H groups in total. The second kappa shape index (κ2) is 17.2. The highest BCUT2D eigenvalue weighted by Gasteiger charge is 2.51. The molecule has 0 atom stereocenters. The summed E-state index contributed by atoms with van der Waals surface area (Å²) in [5, 5.41) is 8.03. The van der Waals surface area contributed by atoms with E-state index >= 15 is 0 Å². The lowest BCUT2D eigenvalue weighted by atomic mass is 10.0. The first-order valence-corrected chi connectivity index (χ1v) is 22.3. The zero-order valence-corrected chi connectivity index (χ0v) is 34.7. The predicted octanol–water partition coefficient (Wildman–Crippen LogP) is 3.03. The summed E-state index contributed by atoms with van der Waals surface area (Å²) < 4.78 is 13.2. The van der Waals surface area contributed by atoms with Gasteiger partial charge in [-0.05, 0) is 79.7 Å². The third-order valence-corrected chi connectivity index (χ3v) is 19.1. The molecule has 0 aliphatic carbocycles. The largest absolute Gasteiger partial charge is 1.00 e. The van der Waals surface area contributed by atoms with Gasteiger partial charge in [0.1, 0.15) is 64.4 Å². The second-order valence-corrected chi connectivity index (χ2v) is 21.1. The fourth-order valence-electron chi connectivity index (χ4n) is 7.98. The number of ether oxygens (including phenoxy) is 2. The van der Waals surface area contributed by atoms with Crippen LogP contribution in [-0.4, -0.2) is 10.8 Å². The lowest BCUT2D eigenvalue weighted by molar-refractivity contribution is -0.180. The molecule has 7 heteroatoms. The van der Waals surface area contributed by atoms with E-state index in [-0.39, 0.29) is 24.8 Å². The second-order valence-electron chi connectivity index (χ2n) is 14.2. The SMILES string of the molecule is Cc1nc(C[P+](c2ccccc2)(c2ccccc2)c2ccccc2)c(C[P+](c2ccccc2)(c2ccccc2)c2ccccc2)c2c1OC(C)(C)OC2.[Cl-].[Cl-]. The molecule has 0 unspecified atom stereocenters. The first kappa shape index (κ1) is 40.3. The molecule has 1 aromatic heterocycles. The van der Waals surface area contributed by atoms with Crippen LogP contribution in [0.2, 0.25) is 0 Å². The van der Waals surface area contributed by atoms with Gasteiger partial charge in [0.05, 0.1) is 18.0 Å². The van der Waals surface area contributed by atoms with Crippen molar-refractivity contribution >= 4 is 46.4 Å². The Balaban J connectivity index is 0.00000257. The maximum Gasteiger partial charge on any atom is 0.205 e. The normalized spacial score (nSPS) is 13.4. The van der Waals surface area contributed by atoms with Gasteiger partial charge in [0.2, 0.25) is 5.79 Å². The standard InChI is InChI=1S/C48H45NO2P2.2ClH/c1-37-47-44(34-50-48(2,3)51-47)45(35-52(38-22-10-4-11-23-38,39-24-12-5-13-25-39)40-26-14-6-15-27-40)46(49-37)36-53(41-28-16-7-17-29-41,42-30-18-8-19-31-42)43-32-20-9-21-33-43;;/h4-33H,34-36H2,1-3H3;2*1H/q+2;;/p-2. The lowest BCUT2D eigenvalue weighted by Gasteiger charge is -2.36. The topological polar surface area (TPSA) is 31.4 Å². The van der Waals surface area contributed by atoms with E-state index < -0.39 is 20.3 Å². The highest BCUT2D eigenvalue weighted by molar-refractivity contribution is 7.95. The van der Waals surface area contributed by atoms with Crippen LogP contribution in [0.3, 0.4) is 0 Å². The molecule has 0 fully saturated rings. The molecule has 1 aliphatic heterocycles. The van der Waals surface area contributed by atoms with E-state index in [0.29, 0.717) is 6.61 Å². The predicted molar refractivity (Wildman–Crippen MR) is 226 cm³/mol. The molecule has 278 valence electrons. The van der Waals surface area contributed by atoms with Crippen LogP contribution >= 0.6 is 14.5 Å². The molecule has 0 bridgehead atoms. The summed E-state index contributed by atoms with van der Waals surface area (Å²) >= 11 is 0. The highest BCUT2D eigenvalue weighted by atomic mass is 35.5. The van der Waals surface area contributed by atoms with Crippen LogP contribution in [0.4, 0.5) is 0 Å². The van der Waals surface area contributed by atoms with Crippen LogP contribution in [0.15, 0.2) is 182 Å². The smallest absolute Gasteiger partial charge is 0.205 e. The fraction of sp³-hybridized carbons (Fsp3) is 0.146. The third-order valence-electron chi connectivity index (χ3n) is 10.5. The zero-order chi connectivity index (χ0) is 36.3. The Morgan fingerprint density at radius 3 is 1.13 bits per heavy atom. The Kier molecular flexibility index (Phi) is 12.6. The van der Waals surface area contributed by atoms with Gasteiger partial charge in [-0.25, -0.2) is 4.98 Å². The molecule has 55 heavy (non-hydrogen) atoms. The highest BCUT2D eigenvalue weighted by Crippen LogP contribution is 2.62. The number of benzene rings is 6. The van der Waals surface area contributed by atoms with Gasteiger partial charge in [0.15, 0.2) is 0 Å². The summed E-state index contributed by atoms with van der Waals surface area (Å²) in [6.07, 6.45) is 1.54. The Labute approximate surface area is 339 Å². The maximum atomic E-state index is 6.70. The summed E-state index contributed by atoms with van der Waals surface area (Å²) in [6.45, 7) is 6.55. The number of hydrogen-bond acceptors (Lipinski definition) is 3. The third kappa shape index (κ3) is 7.75. The monoisotopic (exact) mass is 799 g/mol. The van der Waals surface area contributed by atoms with Gasteiger partial charge in [-0.15, -0.1) is 0 Å². The summed E-state index contributed by atoms with van der Waals surface area (Å²) in [6, 6.07) is 66.8. The first-order chi connectivity index (χ1) is 25.9. The number of hydrogen-bond donors (Lipinski definition) is 0. The van der Waals surface area contributed by atoms with E-state index in [9.17, 15) is 0 Å². The summed E-state index contributed by atoms with van der Waals surface area (Å²) in [5.41, 5.74) is 4.38. The number of nitrogens with zero attached hydrogens (tertiary/aromatic N) is 1. The minimum Gasteiger partial charge on any atom is -1.00 e. The van der Waals surface area contributed by atoms with E-state index in [1.165, 1.54) is 37.4 Å². The van der Waals surface area contributed by atoms with Crippen molar-refractivity contribution in [2.75, 3.05) is 0 Å². The molecule has 0 amide bonds. The van der Waals surface area contributed by atoms with Gasteiger partial charge in [-0.2, -0.15) is 0 Å². The average molecular weight is 801 g/mol. The first-order valence-electron chi connectivity index (χ1n) is 18.3. The molecule has 3 nitrogen and oxygen atoms in total. The van der Waals surface area contributed by atoms with Crippen molar-refractivity contribution < 1.29 is 34.3 Å². The number of pyridine rings is 1. The van der Waals surface area contributed by atoms with Crippen LogP contribution in [0.5, 0.6) is 5.75 Å². The van der Waals surface area contributed by atoms with Crippen LogP contribution in [-0.2, 0) is 23.7 Å². The minimum atomic E-state index is -2.32. The number of rotatable bonds is 10. The molecular formula is C48H45Cl2NO2P2. The van der Waals surface area contributed by atoms with Crippen molar-refractivity contribution in [1.29, 1.82) is 0 Å². The van der Waals surface area contributed by atoms with Crippen LogP contribution < -0.4 is 61.4 Å². The van der Waals surface area contributed by atoms with Gasteiger partial charge in [0.25, 0.3) is 0 Å². The van der Waals surface area contributed by atoms with Crippen LogP contribution in [0, 0.1) is 6.92 Å². The molecule has 6 aromatic carbocycles. The summed E-state index contributed by atoms with van der Waals surface area (Å²) in [7, 11) is -4.61. The Morgan fingerprint density at radius 2 is 0.800 bits per heavy atom. The average Bonchev–Trinajstić information content (AvgIpc) is 3.22. The van der Waals surface area contributed by atoms with Crippen molar-refractivity contribution in [2.24, 2.45) is 0 Å². The van der Waals surface area contributed by atoms with Gasteiger partial charge >= 0.3 is 0 Å². The van der Waals surface area contributed by atoms with Gasteiger partial charge in [-0.1, -0.05) is 109 Å². The van der Waals surface area contributed by atoms with Crippen molar-refractivity contribution in [1.82, 2.24) is 4.98 Å². The molecule has 0 saturated carbocycles. The number of aromatic nitrogens is 1. The quantitative estimate of drug-likeness (QED) is 0.200. The molecular weight excluding hydrogens is 755 g/mol.